The van der Waals surface area contributed by atoms with Crippen molar-refractivity contribution in [3.63, 3.8) is 0 Å². The highest BCUT2D eigenvalue weighted by molar-refractivity contribution is 5.80. The van der Waals surface area contributed by atoms with E-state index in [1.54, 1.807) is 0 Å². The van der Waals surface area contributed by atoms with Crippen molar-refractivity contribution in [2.24, 2.45) is 5.92 Å². The predicted molar refractivity (Wildman–Crippen MR) is 82.0 cm³/mol. The molecule has 3 rings (SSSR count). The van der Waals surface area contributed by atoms with Gasteiger partial charge in [0.25, 0.3) is 0 Å². The molecule has 0 radical (unpaired) electrons. The Labute approximate surface area is 126 Å². The first-order valence-corrected chi connectivity index (χ1v) is 8.03. The number of rotatable bonds is 6. The molecule has 114 valence electrons. The summed E-state index contributed by atoms with van der Waals surface area (Å²) in [6, 6.07) is 8.07. The summed E-state index contributed by atoms with van der Waals surface area (Å²) in [6.45, 7) is 3.97. The van der Waals surface area contributed by atoms with Crippen molar-refractivity contribution >= 4 is 5.91 Å². The molecule has 1 aromatic rings. The van der Waals surface area contributed by atoms with Gasteiger partial charge in [-0.1, -0.05) is 31.4 Å². The molecule has 0 aromatic heterocycles. The maximum Gasteiger partial charge on any atom is 0.238 e. The van der Waals surface area contributed by atoms with Crippen LogP contribution in [0, 0.1) is 5.92 Å². The molecule has 2 aliphatic rings. The lowest BCUT2D eigenvalue weighted by atomic mass is 9.83. The van der Waals surface area contributed by atoms with E-state index in [0.29, 0.717) is 13.2 Å². The normalized spacial score (nSPS) is 22.4. The summed E-state index contributed by atoms with van der Waals surface area (Å²) in [4.78, 5) is 14.1. The summed E-state index contributed by atoms with van der Waals surface area (Å²) in [7, 11) is 0. The van der Waals surface area contributed by atoms with Gasteiger partial charge in [-0.2, -0.15) is 0 Å². The van der Waals surface area contributed by atoms with E-state index in [9.17, 15) is 4.79 Å². The van der Waals surface area contributed by atoms with Crippen LogP contribution < -0.4 is 10.1 Å². The quantitative estimate of drug-likeness (QED) is 0.875. The minimum atomic E-state index is 0.0215. The van der Waals surface area contributed by atoms with Crippen molar-refractivity contribution in [2.45, 2.75) is 38.8 Å². The lowest BCUT2D eigenvalue weighted by molar-refractivity contribution is -0.128. The van der Waals surface area contributed by atoms with Crippen LogP contribution >= 0.6 is 0 Å². The third-order valence-corrected chi connectivity index (χ3v) is 4.59. The van der Waals surface area contributed by atoms with Gasteiger partial charge in [-0.25, -0.2) is 0 Å². The molecule has 1 saturated carbocycles. The SMILES string of the molecule is CCOc1ccc(C2NCC(=O)N2CCC2CCC2)cc1. The number of ether oxygens (including phenoxy) is 1. The van der Waals surface area contributed by atoms with Crippen LogP contribution in [-0.4, -0.2) is 30.5 Å². The number of carbonyl (C=O) groups is 1. The van der Waals surface area contributed by atoms with Crippen molar-refractivity contribution in [1.82, 2.24) is 10.2 Å². The first-order chi connectivity index (χ1) is 10.3. The van der Waals surface area contributed by atoms with Crippen LogP contribution in [0.5, 0.6) is 5.75 Å². The Hall–Kier alpha value is -1.55. The molecule has 1 heterocycles. The van der Waals surface area contributed by atoms with Gasteiger partial charge in [0.15, 0.2) is 0 Å². The maximum atomic E-state index is 12.1. The second kappa shape index (κ2) is 6.48. The maximum absolute atomic E-state index is 12.1. The largest absolute Gasteiger partial charge is 0.494 e. The second-order valence-corrected chi connectivity index (χ2v) is 5.96. The average Bonchev–Trinajstić information content (AvgIpc) is 2.80. The number of hydrogen-bond donors (Lipinski definition) is 1. The fraction of sp³-hybridized carbons (Fsp3) is 0.588. The number of carbonyl (C=O) groups excluding carboxylic acids is 1. The van der Waals surface area contributed by atoms with Crippen LogP contribution in [0.2, 0.25) is 0 Å². The summed E-state index contributed by atoms with van der Waals surface area (Å²) in [5.74, 6) is 1.93. The summed E-state index contributed by atoms with van der Waals surface area (Å²) in [5.41, 5.74) is 1.14. The van der Waals surface area contributed by atoms with Crippen LogP contribution in [0.3, 0.4) is 0 Å². The van der Waals surface area contributed by atoms with E-state index in [2.05, 4.69) is 17.4 Å². The Kier molecular flexibility index (Phi) is 4.44. The van der Waals surface area contributed by atoms with Crippen molar-refractivity contribution in [3.05, 3.63) is 29.8 Å². The Morgan fingerprint density at radius 3 is 2.67 bits per heavy atom. The topological polar surface area (TPSA) is 41.6 Å². The van der Waals surface area contributed by atoms with Gasteiger partial charge in [0, 0.05) is 6.54 Å². The molecule has 1 aliphatic carbocycles. The molecule has 4 heteroatoms. The highest BCUT2D eigenvalue weighted by atomic mass is 16.5. The Bertz CT molecular complexity index is 482. The zero-order chi connectivity index (χ0) is 14.7. The fourth-order valence-electron chi connectivity index (χ4n) is 3.11. The summed E-state index contributed by atoms with van der Waals surface area (Å²) >= 11 is 0. The molecule has 1 saturated heterocycles. The predicted octanol–water partition coefficient (Wildman–Crippen LogP) is 2.71. The lowest BCUT2D eigenvalue weighted by Crippen LogP contribution is -2.33. The fourth-order valence-corrected chi connectivity index (χ4v) is 3.11. The van der Waals surface area contributed by atoms with Crippen molar-refractivity contribution in [3.8, 4) is 5.75 Å². The number of benzene rings is 1. The van der Waals surface area contributed by atoms with Crippen LogP contribution in [0.4, 0.5) is 0 Å². The van der Waals surface area contributed by atoms with E-state index in [1.807, 2.05) is 24.0 Å². The zero-order valence-corrected chi connectivity index (χ0v) is 12.7. The Balaban J connectivity index is 1.65. The Morgan fingerprint density at radius 1 is 1.29 bits per heavy atom. The number of hydrogen-bond acceptors (Lipinski definition) is 3. The summed E-state index contributed by atoms with van der Waals surface area (Å²) in [5, 5.41) is 3.32. The van der Waals surface area contributed by atoms with Crippen molar-refractivity contribution in [2.75, 3.05) is 19.7 Å². The Morgan fingerprint density at radius 2 is 2.05 bits per heavy atom. The highest BCUT2D eigenvalue weighted by Crippen LogP contribution is 2.31. The average molecular weight is 288 g/mol. The van der Waals surface area contributed by atoms with Gasteiger partial charge in [-0.15, -0.1) is 0 Å². The molecule has 1 amide bonds. The molecule has 0 spiro atoms. The van der Waals surface area contributed by atoms with Crippen molar-refractivity contribution in [1.29, 1.82) is 0 Å². The molecule has 1 unspecified atom stereocenters. The number of amides is 1. The smallest absolute Gasteiger partial charge is 0.238 e. The molecule has 1 N–H and O–H groups in total. The molecule has 21 heavy (non-hydrogen) atoms. The van der Waals surface area contributed by atoms with Gasteiger partial charge >= 0.3 is 0 Å². The standard InChI is InChI=1S/C17H24N2O2/c1-2-21-15-8-6-14(7-9-15)17-18-12-16(20)19(17)11-10-13-4-3-5-13/h6-9,13,17-18H,2-5,10-12H2,1H3. The van der Waals surface area contributed by atoms with Gasteiger partial charge < -0.3 is 9.64 Å². The van der Waals surface area contributed by atoms with E-state index >= 15 is 0 Å². The van der Waals surface area contributed by atoms with Gasteiger partial charge in [-0.05, 0) is 37.0 Å². The zero-order valence-electron chi connectivity index (χ0n) is 12.7. The van der Waals surface area contributed by atoms with Gasteiger partial charge in [0.2, 0.25) is 5.91 Å². The molecule has 2 fully saturated rings. The molecule has 4 nitrogen and oxygen atoms in total. The van der Waals surface area contributed by atoms with E-state index in [0.717, 1.165) is 30.2 Å². The molecule has 1 atom stereocenters. The highest BCUT2D eigenvalue weighted by Gasteiger charge is 2.32. The number of nitrogens with zero attached hydrogens (tertiary/aromatic N) is 1. The van der Waals surface area contributed by atoms with Crippen LogP contribution in [-0.2, 0) is 4.79 Å². The molecular formula is C17H24N2O2. The van der Waals surface area contributed by atoms with Crippen LogP contribution in [0.15, 0.2) is 24.3 Å². The minimum absolute atomic E-state index is 0.0215. The van der Waals surface area contributed by atoms with Crippen molar-refractivity contribution < 1.29 is 9.53 Å². The number of nitrogens with one attached hydrogen (secondary N) is 1. The second-order valence-electron chi connectivity index (χ2n) is 5.96. The van der Waals surface area contributed by atoms with E-state index in [4.69, 9.17) is 4.74 Å². The molecule has 1 aromatic carbocycles. The van der Waals surface area contributed by atoms with E-state index in [-0.39, 0.29) is 12.1 Å². The first-order valence-electron chi connectivity index (χ1n) is 8.03. The summed E-state index contributed by atoms with van der Waals surface area (Å²) in [6.07, 6.45) is 5.19. The van der Waals surface area contributed by atoms with Gasteiger partial charge in [-0.3, -0.25) is 10.1 Å². The van der Waals surface area contributed by atoms with E-state index in [1.165, 1.54) is 19.3 Å². The van der Waals surface area contributed by atoms with E-state index < -0.39 is 0 Å². The summed E-state index contributed by atoms with van der Waals surface area (Å²) < 4.78 is 5.47. The monoisotopic (exact) mass is 288 g/mol. The molecular weight excluding hydrogens is 264 g/mol. The van der Waals surface area contributed by atoms with Gasteiger partial charge in [0.1, 0.15) is 11.9 Å². The first kappa shape index (κ1) is 14.4. The third kappa shape index (κ3) is 3.21. The van der Waals surface area contributed by atoms with Gasteiger partial charge in [0.05, 0.1) is 13.2 Å². The third-order valence-electron chi connectivity index (χ3n) is 4.59. The van der Waals surface area contributed by atoms with Crippen LogP contribution in [0.25, 0.3) is 0 Å². The van der Waals surface area contributed by atoms with Crippen LogP contribution in [0.1, 0.15) is 44.3 Å². The minimum Gasteiger partial charge on any atom is -0.494 e. The lowest BCUT2D eigenvalue weighted by Gasteiger charge is -2.30. The molecule has 0 bridgehead atoms. The molecule has 1 aliphatic heterocycles.